The minimum Gasteiger partial charge on any atom is -0.462 e. The molecule has 0 spiro atoms. The van der Waals surface area contributed by atoms with Crippen molar-refractivity contribution in [3.05, 3.63) is 0 Å². The van der Waals surface area contributed by atoms with Gasteiger partial charge in [-0.3, -0.25) is 14.4 Å². The van der Waals surface area contributed by atoms with Gasteiger partial charge >= 0.3 is 17.9 Å². The molecule has 0 saturated heterocycles. The molecule has 0 aromatic heterocycles. The van der Waals surface area contributed by atoms with Crippen LogP contribution in [0.5, 0.6) is 0 Å². The number of ether oxygens (including phenoxy) is 3. The van der Waals surface area contributed by atoms with Gasteiger partial charge in [-0.1, -0.05) is 272 Å². The van der Waals surface area contributed by atoms with E-state index in [-0.39, 0.29) is 31.1 Å². The number of hydrogen-bond acceptors (Lipinski definition) is 6. The summed E-state index contributed by atoms with van der Waals surface area (Å²) in [5.41, 5.74) is 0. The molecule has 0 aliphatic heterocycles. The van der Waals surface area contributed by atoms with Crippen molar-refractivity contribution >= 4 is 17.9 Å². The number of carbonyl (C=O) groups excluding carboxylic acids is 3. The molecule has 0 aliphatic rings. The van der Waals surface area contributed by atoms with E-state index < -0.39 is 6.10 Å². The van der Waals surface area contributed by atoms with Gasteiger partial charge in [-0.25, -0.2) is 0 Å². The van der Waals surface area contributed by atoms with Crippen LogP contribution in [0, 0.1) is 11.8 Å². The van der Waals surface area contributed by atoms with Crippen molar-refractivity contribution in [2.24, 2.45) is 11.8 Å². The van der Waals surface area contributed by atoms with Crippen LogP contribution in [0.25, 0.3) is 0 Å². The van der Waals surface area contributed by atoms with Gasteiger partial charge in [-0.2, -0.15) is 0 Å². The van der Waals surface area contributed by atoms with Gasteiger partial charge in [0.1, 0.15) is 13.2 Å². The highest BCUT2D eigenvalue weighted by molar-refractivity contribution is 5.71. The Kier molecular flexibility index (Phi) is 47.6. The molecule has 1 atom stereocenters. The Morgan fingerprint density at radius 2 is 0.532 bits per heavy atom. The Bertz CT molecular complexity index is 947. The van der Waals surface area contributed by atoms with Gasteiger partial charge in [-0.05, 0) is 31.1 Å². The van der Waals surface area contributed by atoms with Crippen LogP contribution < -0.4 is 0 Å². The maximum absolute atomic E-state index is 12.8. The van der Waals surface area contributed by atoms with Crippen molar-refractivity contribution in [1.29, 1.82) is 0 Å². The first-order valence-corrected chi connectivity index (χ1v) is 27.7. The van der Waals surface area contributed by atoms with E-state index in [2.05, 4.69) is 34.6 Å². The SMILES string of the molecule is CCCCCCCCCCCCCCCC(=O)O[C@@H](COC(=O)CCCCCCCCCCCCCCCCC(C)C)COC(=O)CCCCCCCCCCCCCC(C)C. The minimum atomic E-state index is -0.762. The lowest BCUT2D eigenvalue weighted by atomic mass is 10.0. The van der Waals surface area contributed by atoms with Gasteiger partial charge in [0.2, 0.25) is 0 Å². The number of unbranched alkanes of at least 4 members (excludes halogenated alkanes) is 35. The summed E-state index contributed by atoms with van der Waals surface area (Å²) in [6.45, 7) is 11.4. The molecular weight excluding hydrogens is 769 g/mol. The van der Waals surface area contributed by atoms with Crippen LogP contribution in [0.4, 0.5) is 0 Å². The number of rotatable bonds is 50. The maximum atomic E-state index is 12.8. The maximum Gasteiger partial charge on any atom is 0.306 e. The average molecular weight is 877 g/mol. The Morgan fingerprint density at radius 3 is 0.790 bits per heavy atom. The molecule has 0 saturated carbocycles. The molecule has 0 fully saturated rings. The summed E-state index contributed by atoms with van der Waals surface area (Å²) in [7, 11) is 0. The Labute approximate surface area is 387 Å². The highest BCUT2D eigenvalue weighted by Crippen LogP contribution is 2.18. The van der Waals surface area contributed by atoms with E-state index in [0.29, 0.717) is 19.3 Å². The Balaban J connectivity index is 4.29. The topological polar surface area (TPSA) is 78.9 Å². The second kappa shape index (κ2) is 48.9. The lowest BCUT2D eigenvalue weighted by Gasteiger charge is -2.18. The van der Waals surface area contributed by atoms with Crippen LogP contribution in [-0.2, 0) is 28.6 Å². The molecule has 0 bridgehead atoms. The van der Waals surface area contributed by atoms with Crippen molar-refractivity contribution in [2.45, 2.75) is 317 Å². The van der Waals surface area contributed by atoms with Crippen LogP contribution in [0.3, 0.4) is 0 Å². The van der Waals surface area contributed by atoms with Crippen molar-refractivity contribution < 1.29 is 28.6 Å². The van der Waals surface area contributed by atoms with Gasteiger partial charge in [0.15, 0.2) is 6.10 Å². The van der Waals surface area contributed by atoms with E-state index in [9.17, 15) is 14.4 Å². The predicted molar refractivity (Wildman–Crippen MR) is 266 cm³/mol. The molecule has 0 unspecified atom stereocenters. The molecule has 0 heterocycles. The summed E-state index contributed by atoms with van der Waals surface area (Å²) < 4.78 is 16.9. The highest BCUT2D eigenvalue weighted by atomic mass is 16.6. The quantitative estimate of drug-likeness (QED) is 0.0344. The first-order valence-electron chi connectivity index (χ1n) is 27.7. The first kappa shape index (κ1) is 60.4. The fourth-order valence-corrected chi connectivity index (χ4v) is 8.52. The van der Waals surface area contributed by atoms with Gasteiger partial charge in [0, 0.05) is 19.3 Å². The van der Waals surface area contributed by atoms with Crippen molar-refractivity contribution in [3.63, 3.8) is 0 Å². The fourth-order valence-electron chi connectivity index (χ4n) is 8.52. The van der Waals surface area contributed by atoms with Gasteiger partial charge in [0.05, 0.1) is 0 Å². The summed E-state index contributed by atoms with van der Waals surface area (Å²) in [6.07, 6.45) is 50.9. The average Bonchev–Trinajstić information content (AvgIpc) is 3.24. The monoisotopic (exact) mass is 877 g/mol. The smallest absolute Gasteiger partial charge is 0.306 e. The lowest BCUT2D eigenvalue weighted by molar-refractivity contribution is -0.167. The second-order valence-electron chi connectivity index (χ2n) is 20.2. The van der Waals surface area contributed by atoms with Crippen LogP contribution in [-0.4, -0.2) is 37.2 Å². The second-order valence-corrected chi connectivity index (χ2v) is 20.2. The van der Waals surface area contributed by atoms with Crippen molar-refractivity contribution in [3.8, 4) is 0 Å². The summed E-state index contributed by atoms with van der Waals surface area (Å²) in [6, 6.07) is 0. The largest absolute Gasteiger partial charge is 0.462 e. The molecule has 0 aromatic rings. The zero-order valence-corrected chi connectivity index (χ0v) is 42.5. The van der Waals surface area contributed by atoms with E-state index in [4.69, 9.17) is 14.2 Å². The normalized spacial score (nSPS) is 12.0. The van der Waals surface area contributed by atoms with Gasteiger partial charge in [0.25, 0.3) is 0 Å². The number of esters is 3. The Hall–Kier alpha value is -1.59. The Morgan fingerprint density at radius 1 is 0.306 bits per heavy atom. The van der Waals surface area contributed by atoms with Crippen LogP contribution in [0.1, 0.15) is 311 Å². The third kappa shape index (κ3) is 49.4. The zero-order valence-electron chi connectivity index (χ0n) is 42.5. The third-order valence-corrected chi connectivity index (χ3v) is 12.7. The summed E-state index contributed by atoms with van der Waals surface area (Å²) in [5.74, 6) is 0.829. The summed E-state index contributed by atoms with van der Waals surface area (Å²) >= 11 is 0. The fraction of sp³-hybridized carbons (Fsp3) is 0.946. The van der Waals surface area contributed by atoms with Gasteiger partial charge in [-0.15, -0.1) is 0 Å². The van der Waals surface area contributed by atoms with Crippen molar-refractivity contribution in [1.82, 2.24) is 0 Å². The molecule has 6 nitrogen and oxygen atoms in total. The highest BCUT2D eigenvalue weighted by Gasteiger charge is 2.19. The molecule has 0 amide bonds. The molecule has 368 valence electrons. The molecule has 0 aliphatic carbocycles. The predicted octanol–water partition coefficient (Wildman–Crippen LogP) is 18.1. The van der Waals surface area contributed by atoms with Gasteiger partial charge < -0.3 is 14.2 Å². The summed E-state index contributed by atoms with van der Waals surface area (Å²) in [4.78, 5) is 38.0. The molecule has 62 heavy (non-hydrogen) atoms. The van der Waals surface area contributed by atoms with Crippen LogP contribution in [0.2, 0.25) is 0 Å². The van der Waals surface area contributed by atoms with Crippen LogP contribution >= 0.6 is 0 Å². The molecule has 6 heteroatoms. The molecule has 0 N–H and O–H groups in total. The van der Waals surface area contributed by atoms with E-state index in [1.54, 1.807) is 0 Å². The molecule has 0 rings (SSSR count). The van der Waals surface area contributed by atoms with Crippen LogP contribution in [0.15, 0.2) is 0 Å². The van der Waals surface area contributed by atoms with E-state index in [1.165, 1.54) is 199 Å². The van der Waals surface area contributed by atoms with E-state index in [0.717, 1.165) is 69.6 Å². The van der Waals surface area contributed by atoms with Crippen molar-refractivity contribution in [2.75, 3.05) is 13.2 Å². The minimum absolute atomic E-state index is 0.0630. The third-order valence-electron chi connectivity index (χ3n) is 12.7. The molecular formula is C56H108O6. The number of carbonyl (C=O) groups is 3. The summed E-state index contributed by atoms with van der Waals surface area (Å²) in [5, 5.41) is 0. The molecule has 0 radical (unpaired) electrons. The first-order chi connectivity index (χ1) is 30.2. The lowest BCUT2D eigenvalue weighted by Crippen LogP contribution is -2.30. The standard InChI is InChI=1S/C56H108O6/c1-6-7-8-9-10-11-12-15-22-28-33-38-43-48-56(59)62-53(50-61-55(58)47-42-37-32-27-23-18-20-25-30-35-40-45-52(4)5)49-60-54(57)46-41-36-31-26-21-17-14-13-16-19-24-29-34-39-44-51(2)3/h51-53H,6-50H2,1-5H3/t53-/m0/s1. The van der Waals surface area contributed by atoms with E-state index in [1.807, 2.05) is 0 Å². The molecule has 0 aromatic carbocycles. The zero-order chi connectivity index (χ0) is 45.4. The van der Waals surface area contributed by atoms with E-state index >= 15 is 0 Å². The number of hydrogen-bond donors (Lipinski definition) is 0.